The van der Waals surface area contributed by atoms with E-state index in [1.165, 1.54) is 23.6 Å². The van der Waals surface area contributed by atoms with Gasteiger partial charge in [0.2, 0.25) is 0 Å². The Balaban J connectivity index is 1.70. The number of thiophene rings is 1. The molecule has 0 unspecified atom stereocenters. The van der Waals surface area contributed by atoms with Crippen molar-refractivity contribution in [3.8, 4) is 0 Å². The quantitative estimate of drug-likeness (QED) is 0.633. The molecule has 2 atom stereocenters. The topological polar surface area (TPSA) is 52.6 Å². The van der Waals surface area contributed by atoms with Crippen LogP contribution in [0.3, 0.4) is 0 Å². The number of hydrogen-bond acceptors (Lipinski definition) is 6. The number of nitrogens with one attached hydrogen (secondary N) is 1. The third kappa shape index (κ3) is 4.68. The predicted octanol–water partition coefficient (Wildman–Crippen LogP) is 5.11. The first-order valence-electron chi connectivity index (χ1n) is 10.5. The van der Waals surface area contributed by atoms with E-state index in [1.54, 1.807) is 29.0 Å². The molecule has 5 nitrogen and oxygen atoms in total. The average molecular weight is 453 g/mol. The third-order valence-corrected chi connectivity index (χ3v) is 6.42. The molecule has 31 heavy (non-hydrogen) atoms. The summed E-state index contributed by atoms with van der Waals surface area (Å²) in [4.78, 5) is 3.95. The summed E-state index contributed by atoms with van der Waals surface area (Å²) < 4.78 is 49.7. The minimum Gasteiger partial charge on any atom is -0.325 e. The van der Waals surface area contributed by atoms with Gasteiger partial charge in [-0.05, 0) is 46.4 Å². The molecule has 8 heteroatoms. The molecule has 5 rings (SSSR count). The van der Waals surface area contributed by atoms with E-state index in [2.05, 4.69) is 31.1 Å². The molecule has 2 aromatic rings. The molecule has 3 aliphatic rings. The van der Waals surface area contributed by atoms with Crippen molar-refractivity contribution in [2.24, 2.45) is 10.8 Å². The second kappa shape index (κ2) is 8.15. The Labute approximate surface area is 186 Å². The number of aromatic nitrogens is 1. The summed E-state index contributed by atoms with van der Waals surface area (Å²) >= 11 is 1.38. The molecule has 3 aliphatic heterocycles. The number of rotatable bonds is 7. The van der Waals surface area contributed by atoms with Gasteiger partial charge >= 0.3 is 5.92 Å². The molecule has 170 valence electrons. The van der Waals surface area contributed by atoms with E-state index in [4.69, 9.17) is 14.2 Å². The van der Waals surface area contributed by atoms with Crippen LogP contribution in [0.2, 0.25) is 0 Å². The maximum absolute atomic E-state index is 15.8. The maximum Gasteiger partial charge on any atom is 0.308 e. The van der Waals surface area contributed by atoms with Crippen LogP contribution < -0.4 is 5.32 Å². The molecule has 3 saturated heterocycles. The molecule has 0 aromatic carbocycles. The molecule has 5 heterocycles. The van der Waals surface area contributed by atoms with Crippen molar-refractivity contribution in [1.29, 1.82) is 0 Å². The van der Waals surface area contributed by atoms with Gasteiger partial charge in [0, 0.05) is 11.6 Å². The average Bonchev–Trinajstić information content (AvgIpc) is 3.26. The fraction of sp³-hybridized carbons (Fsp3) is 0.609. The SMILES string of the molecule is CC(C)(C)C[C@H](N[C@@H](c1ccsc1)C(F)(F)c1ccccn1)C12OCC(C)(CO1)CO2. The Morgan fingerprint density at radius 2 is 1.81 bits per heavy atom. The van der Waals surface area contributed by atoms with Crippen LogP contribution in [0.4, 0.5) is 8.78 Å². The molecule has 0 spiro atoms. The number of halogens is 2. The summed E-state index contributed by atoms with van der Waals surface area (Å²) in [5, 5.41) is 6.73. The minimum atomic E-state index is -3.26. The van der Waals surface area contributed by atoms with Crippen LogP contribution in [0.15, 0.2) is 41.2 Å². The maximum atomic E-state index is 15.8. The molecule has 1 N–H and O–H groups in total. The highest BCUT2D eigenvalue weighted by molar-refractivity contribution is 7.08. The predicted molar refractivity (Wildman–Crippen MR) is 115 cm³/mol. The number of ether oxygens (including phenoxy) is 3. The van der Waals surface area contributed by atoms with Crippen LogP contribution in [-0.4, -0.2) is 36.8 Å². The Bertz CT molecular complexity index is 846. The van der Waals surface area contributed by atoms with E-state index in [0.717, 1.165) is 0 Å². The largest absolute Gasteiger partial charge is 0.325 e. The first-order valence-corrected chi connectivity index (χ1v) is 11.5. The molecule has 2 aromatic heterocycles. The number of alkyl halides is 2. The molecule has 3 fully saturated rings. The van der Waals surface area contributed by atoms with Gasteiger partial charge in [-0.15, -0.1) is 0 Å². The van der Waals surface area contributed by atoms with E-state index >= 15 is 8.78 Å². The first-order chi connectivity index (χ1) is 14.5. The summed E-state index contributed by atoms with van der Waals surface area (Å²) in [6.45, 7) is 9.62. The zero-order valence-electron chi connectivity index (χ0n) is 18.4. The van der Waals surface area contributed by atoms with Crippen molar-refractivity contribution in [2.75, 3.05) is 19.8 Å². The molecule has 2 bridgehead atoms. The van der Waals surface area contributed by atoms with Gasteiger partial charge in [-0.25, -0.2) is 0 Å². The molecule has 0 amide bonds. The van der Waals surface area contributed by atoms with Gasteiger partial charge in [-0.3, -0.25) is 10.3 Å². The van der Waals surface area contributed by atoms with E-state index in [9.17, 15) is 0 Å². The smallest absolute Gasteiger partial charge is 0.308 e. The molecular formula is C23H30F2N2O3S. The van der Waals surface area contributed by atoms with Crippen molar-refractivity contribution in [3.63, 3.8) is 0 Å². The fourth-order valence-corrected chi connectivity index (χ4v) is 4.72. The van der Waals surface area contributed by atoms with Crippen molar-refractivity contribution in [3.05, 3.63) is 52.5 Å². The van der Waals surface area contributed by atoms with Crippen molar-refractivity contribution < 1.29 is 23.0 Å². The highest BCUT2D eigenvalue weighted by Gasteiger charge is 2.57. The van der Waals surface area contributed by atoms with Crippen LogP contribution in [-0.2, 0) is 20.1 Å². The van der Waals surface area contributed by atoms with Gasteiger partial charge in [0.25, 0.3) is 5.97 Å². The molecule has 0 aliphatic carbocycles. The Kier molecular flexibility index (Phi) is 5.98. The van der Waals surface area contributed by atoms with Gasteiger partial charge in [-0.1, -0.05) is 33.8 Å². The van der Waals surface area contributed by atoms with Gasteiger partial charge in [0.1, 0.15) is 11.7 Å². The number of nitrogens with zero attached hydrogens (tertiary/aromatic N) is 1. The lowest BCUT2D eigenvalue weighted by Crippen LogP contribution is -2.68. The summed E-state index contributed by atoms with van der Waals surface area (Å²) in [5.41, 5.74) is -0.181. The number of hydrogen-bond donors (Lipinski definition) is 1. The van der Waals surface area contributed by atoms with Gasteiger partial charge in [0.05, 0.1) is 25.9 Å². The highest BCUT2D eigenvalue weighted by atomic mass is 32.1. The lowest BCUT2D eigenvalue weighted by molar-refractivity contribution is -0.476. The summed E-state index contributed by atoms with van der Waals surface area (Å²) in [5.74, 6) is -4.65. The second-order valence-corrected chi connectivity index (χ2v) is 10.9. The van der Waals surface area contributed by atoms with Crippen LogP contribution in [0.5, 0.6) is 0 Å². The monoisotopic (exact) mass is 452 g/mol. The first kappa shape index (κ1) is 22.7. The molecular weight excluding hydrogens is 422 g/mol. The summed E-state index contributed by atoms with van der Waals surface area (Å²) in [6, 6.07) is 4.34. The fourth-order valence-electron chi connectivity index (χ4n) is 4.03. The third-order valence-electron chi connectivity index (χ3n) is 5.72. The van der Waals surface area contributed by atoms with Crippen LogP contribution >= 0.6 is 11.3 Å². The standard InChI is InChI=1S/C23H30F2N2O3S/c1-20(2,3)11-18(23-28-13-21(4,14-29-23)15-30-23)27-19(16-8-10-31-12-16)22(24,25)17-7-5-6-9-26-17/h5-10,12,18-19,27H,11,13-15H2,1-4H3/t18-,19-,21?,23?/m0/s1. The zero-order chi connectivity index (χ0) is 22.3. The van der Waals surface area contributed by atoms with Crippen molar-refractivity contribution >= 4 is 11.3 Å². The lowest BCUT2D eigenvalue weighted by atomic mass is 9.84. The Hall–Kier alpha value is -1.45. The minimum absolute atomic E-state index is 0.180. The van der Waals surface area contributed by atoms with Crippen LogP contribution in [0.25, 0.3) is 0 Å². The lowest BCUT2D eigenvalue weighted by Gasteiger charge is -2.54. The number of pyridine rings is 1. The molecule has 0 radical (unpaired) electrons. The van der Waals surface area contributed by atoms with Gasteiger partial charge in [0.15, 0.2) is 0 Å². The van der Waals surface area contributed by atoms with E-state index in [-0.39, 0.29) is 16.5 Å². The second-order valence-electron chi connectivity index (χ2n) is 10.1. The normalized spacial score (nSPS) is 28.5. The molecule has 0 saturated carbocycles. The van der Waals surface area contributed by atoms with Gasteiger partial charge in [-0.2, -0.15) is 20.1 Å². The van der Waals surface area contributed by atoms with E-state index in [0.29, 0.717) is 31.8 Å². The Morgan fingerprint density at radius 1 is 1.13 bits per heavy atom. The summed E-state index contributed by atoms with van der Waals surface area (Å²) in [7, 11) is 0. The van der Waals surface area contributed by atoms with Gasteiger partial charge < -0.3 is 14.2 Å². The zero-order valence-corrected chi connectivity index (χ0v) is 19.2. The van der Waals surface area contributed by atoms with Crippen LogP contribution in [0, 0.1) is 10.8 Å². The summed E-state index contributed by atoms with van der Waals surface area (Å²) in [6.07, 6.45) is 1.90. The van der Waals surface area contributed by atoms with Crippen molar-refractivity contribution in [1.82, 2.24) is 10.3 Å². The number of fused-ring (bicyclic) bond motifs is 3. The Morgan fingerprint density at radius 3 is 2.32 bits per heavy atom. The van der Waals surface area contributed by atoms with Crippen molar-refractivity contribution in [2.45, 2.75) is 58.1 Å². The van der Waals surface area contributed by atoms with E-state index in [1.807, 2.05) is 6.92 Å². The van der Waals surface area contributed by atoms with Crippen LogP contribution in [0.1, 0.15) is 51.4 Å². The highest BCUT2D eigenvalue weighted by Crippen LogP contribution is 2.46. The van der Waals surface area contributed by atoms with E-state index < -0.39 is 24.0 Å².